The van der Waals surface area contributed by atoms with Crippen LogP contribution in [0.25, 0.3) is 0 Å². The molecule has 4 amide bonds. The third-order valence-corrected chi connectivity index (χ3v) is 3.58. The van der Waals surface area contributed by atoms with Gasteiger partial charge in [0.05, 0.1) is 19.3 Å². The Balaban J connectivity index is 2.95. The molecule has 0 saturated carbocycles. The molecule has 9 N–H and O–H groups in total. The Morgan fingerprint density at radius 3 is 2.29 bits per heavy atom. The highest BCUT2D eigenvalue weighted by Crippen LogP contribution is 2.02. The predicted molar refractivity (Wildman–Crippen MR) is 94.3 cm³/mol. The van der Waals surface area contributed by atoms with Gasteiger partial charge in [-0.05, 0) is 6.92 Å². The number of carboxylic acids is 1. The van der Waals surface area contributed by atoms with Gasteiger partial charge in [0.2, 0.25) is 23.6 Å². The summed E-state index contributed by atoms with van der Waals surface area (Å²) < 4.78 is 0. The lowest BCUT2D eigenvalue weighted by Crippen LogP contribution is -2.57. The first-order valence-electron chi connectivity index (χ1n) is 8.22. The second-order valence-electron chi connectivity index (χ2n) is 5.91. The van der Waals surface area contributed by atoms with Crippen molar-refractivity contribution < 1.29 is 29.1 Å². The maximum absolute atomic E-state index is 12.5. The van der Waals surface area contributed by atoms with Crippen molar-refractivity contribution in [2.45, 2.75) is 37.9 Å². The molecular formula is C15H23N7O6. The molecule has 1 heterocycles. The second-order valence-corrected chi connectivity index (χ2v) is 5.91. The highest BCUT2D eigenvalue weighted by Gasteiger charge is 2.29. The molecule has 0 spiro atoms. The van der Waals surface area contributed by atoms with Crippen molar-refractivity contribution >= 4 is 29.6 Å². The molecule has 3 unspecified atom stereocenters. The van der Waals surface area contributed by atoms with E-state index in [1.807, 2.05) is 0 Å². The van der Waals surface area contributed by atoms with E-state index in [-0.39, 0.29) is 6.42 Å². The Morgan fingerprint density at radius 1 is 1.14 bits per heavy atom. The summed E-state index contributed by atoms with van der Waals surface area (Å²) in [6.45, 7) is 0.837. The molecule has 0 aliphatic carbocycles. The summed E-state index contributed by atoms with van der Waals surface area (Å²) in [6.07, 6.45) is 2.23. The maximum Gasteiger partial charge on any atom is 0.325 e. The first-order valence-corrected chi connectivity index (χ1v) is 8.22. The second kappa shape index (κ2) is 10.6. The highest BCUT2D eigenvalue weighted by atomic mass is 16.4. The minimum Gasteiger partial charge on any atom is -0.480 e. The number of carboxylic acid groups (broad SMARTS) is 1. The van der Waals surface area contributed by atoms with E-state index in [2.05, 4.69) is 25.9 Å². The molecular weight excluding hydrogens is 374 g/mol. The molecule has 0 radical (unpaired) electrons. The Labute approximate surface area is 159 Å². The van der Waals surface area contributed by atoms with E-state index in [9.17, 15) is 24.0 Å². The van der Waals surface area contributed by atoms with Crippen LogP contribution in [-0.2, 0) is 30.4 Å². The van der Waals surface area contributed by atoms with Crippen LogP contribution in [0, 0.1) is 0 Å². The van der Waals surface area contributed by atoms with Gasteiger partial charge >= 0.3 is 5.97 Å². The van der Waals surface area contributed by atoms with Crippen molar-refractivity contribution in [3.8, 4) is 0 Å². The van der Waals surface area contributed by atoms with E-state index in [4.69, 9.17) is 16.6 Å². The van der Waals surface area contributed by atoms with E-state index in [1.54, 1.807) is 0 Å². The van der Waals surface area contributed by atoms with Gasteiger partial charge in [-0.25, -0.2) is 4.98 Å². The van der Waals surface area contributed by atoms with Crippen molar-refractivity contribution in [1.82, 2.24) is 25.9 Å². The predicted octanol–water partition coefficient (Wildman–Crippen LogP) is -3.65. The number of rotatable bonds is 11. The van der Waals surface area contributed by atoms with Gasteiger partial charge < -0.3 is 37.5 Å². The first kappa shape index (κ1) is 22.6. The standard InChI is InChI=1S/C15H23N7O6/c1-7(15(27)28)20-13(25)9(2-8-5-18-6-19-8)22-14(26)10(3-11(17)23)21-12(24)4-16/h5-7,9-10H,2-4,16H2,1H3,(H2,17,23)(H,18,19)(H,20,25)(H,21,24)(H,22,26)(H,27,28). The number of hydrogen-bond acceptors (Lipinski definition) is 7. The zero-order chi connectivity index (χ0) is 21.3. The van der Waals surface area contributed by atoms with E-state index < -0.39 is 60.7 Å². The molecule has 0 aromatic carbocycles. The molecule has 1 aromatic heterocycles. The van der Waals surface area contributed by atoms with Gasteiger partial charge in [-0.1, -0.05) is 0 Å². The number of aromatic amines is 1. The summed E-state index contributed by atoms with van der Waals surface area (Å²) in [7, 11) is 0. The fraction of sp³-hybridized carbons (Fsp3) is 0.467. The summed E-state index contributed by atoms with van der Waals surface area (Å²) in [4.78, 5) is 65.1. The third-order valence-electron chi connectivity index (χ3n) is 3.58. The van der Waals surface area contributed by atoms with Gasteiger partial charge in [-0.2, -0.15) is 0 Å². The molecule has 0 fully saturated rings. The van der Waals surface area contributed by atoms with E-state index in [0.717, 1.165) is 0 Å². The summed E-state index contributed by atoms with van der Waals surface area (Å²) in [5.41, 5.74) is 10.8. The van der Waals surface area contributed by atoms with Gasteiger partial charge in [0.15, 0.2) is 0 Å². The Hall–Kier alpha value is -3.48. The van der Waals surface area contributed by atoms with Crippen LogP contribution in [0.2, 0.25) is 0 Å². The number of carbonyl (C=O) groups is 5. The number of hydrogen-bond donors (Lipinski definition) is 7. The zero-order valence-electron chi connectivity index (χ0n) is 15.1. The third kappa shape index (κ3) is 7.41. The topological polar surface area (TPSA) is 222 Å². The van der Waals surface area contributed by atoms with Gasteiger partial charge in [0, 0.05) is 18.3 Å². The smallest absolute Gasteiger partial charge is 0.325 e. The number of aliphatic carboxylic acids is 1. The van der Waals surface area contributed by atoms with Gasteiger partial charge in [-0.15, -0.1) is 0 Å². The molecule has 1 rings (SSSR count). The normalized spacial score (nSPS) is 13.6. The van der Waals surface area contributed by atoms with Crippen molar-refractivity contribution in [2.75, 3.05) is 6.54 Å². The summed E-state index contributed by atoms with van der Waals surface area (Å²) in [6, 6.07) is -3.76. The van der Waals surface area contributed by atoms with Crippen LogP contribution >= 0.6 is 0 Å². The van der Waals surface area contributed by atoms with E-state index in [0.29, 0.717) is 5.69 Å². The van der Waals surface area contributed by atoms with Gasteiger partial charge in [0.25, 0.3) is 0 Å². The van der Waals surface area contributed by atoms with E-state index >= 15 is 0 Å². The van der Waals surface area contributed by atoms with Crippen LogP contribution in [0.3, 0.4) is 0 Å². The van der Waals surface area contributed by atoms with Crippen molar-refractivity contribution in [3.05, 3.63) is 18.2 Å². The number of carbonyl (C=O) groups excluding carboxylic acids is 4. The molecule has 13 nitrogen and oxygen atoms in total. The number of imidazole rings is 1. The molecule has 0 bridgehead atoms. The van der Waals surface area contributed by atoms with Crippen LogP contribution in [0.1, 0.15) is 19.0 Å². The monoisotopic (exact) mass is 397 g/mol. The quantitative estimate of drug-likeness (QED) is 0.197. The Morgan fingerprint density at radius 2 is 1.79 bits per heavy atom. The molecule has 154 valence electrons. The van der Waals surface area contributed by atoms with Gasteiger partial charge in [0.1, 0.15) is 18.1 Å². The number of nitrogens with zero attached hydrogens (tertiary/aromatic N) is 1. The fourth-order valence-corrected chi connectivity index (χ4v) is 2.14. The average molecular weight is 397 g/mol. The maximum atomic E-state index is 12.5. The number of nitrogens with one attached hydrogen (secondary N) is 4. The number of aromatic nitrogens is 2. The lowest BCUT2D eigenvalue weighted by Gasteiger charge is -2.23. The zero-order valence-corrected chi connectivity index (χ0v) is 15.1. The van der Waals surface area contributed by atoms with Crippen LogP contribution in [0.15, 0.2) is 12.5 Å². The highest BCUT2D eigenvalue weighted by molar-refractivity contribution is 5.95. The van der Waals surface area contributed by atoms with Crippen molar-refractivity contribution in [2.24, 2.45) is 11.5 Å². The molecule has 28 heavy (non-hydrogen) atoms. The van der Waals surface area contributed by atoms with Gasteiger partial charge in [-0.3, -0.25) is 24.0 Å². The molecule has 0 aliphatic heterocycles. The lowest BCUT2D eigenvalue weighted by molar-refractivity contribution is -0.141. The minimum atomic E-state index is -1.34. The minimum absolute atomic E-state index is 0.0436. The fourth-order valence-electron chi connectivity index (χ4n) is 2.14. The van der Waals surface area contributed by atoms with Crippen molar-refractivity contribution in [1.29, 1.82) is 0 Å². The van der Waals surface area contributed by atoms with E-state index in [1.165, 1.54) is 19.4 Å². The Kier molecular flexibility index (Phi) is 8.55. The lowest BCUT2D eigenvalue weighted by atomic mass is 10.1. The van der Waals surface area contributed by atoms with Crippen LogP contribution in [-0.4, -0.2) is 69.3 Å². The van der Waals surface area contributed by atoms with Crippen LogP contribution in [0.5, 0.6) is 0 Å². The van der Waals surface area contributed by atoms with Crippen LogP contribution < -0.4 is 27.4 Å². The molecule has 0 aliphatic rings. The largest absolute Gasteiger partial charge is 0.480 e. The number of H-pyrrole nitrogens is 1. The average Bonchev–Trinajstić information content (AvgIpc) is 3.12. The molecule has 3 atom stereocenters. The summed E-state index contributed by atoms with van der Waals surface area (Å²) in [5.74, 6) is -4.45. The SMILES string of the molecule is CC(NC(=O)C(Cc1cnc[nH]1)NC(=O)C(CC(N)=O)NC(=O)CN)C(=O)O. The molecule has 13 heteroatoms. The van der Waals surface area contributed by atoms with Crippen LogP contribution in [0.4, 0.5) is 0 Å². The molecule has 1 aromatic rings. The first-order chi connectivity index (χ1) is 13.1. The number of nitrogens with two attached hydrogens (primary N) is 2. The number of amides is 4. The summed E-state index contributed by atoms with van der Waals surface area (Å²) in [5, 5.41) is 15.8. The summed E-state index contributed by atoms with van der Waals surface area (Å²) >= 11 is 0. The van der Waals surface area contributed by atoms with Crippen molar-refractivity contribution in [3.63, 3.8) is 0 Å². The molecule has 0 saturated heterocycles. The number of primary amides is 1. The Bertz CT molecular complexity index is 720.